The smallest absolute Gasteiger partial charge is 0.316 e. The maximum Gasteiger partial charge on any atom is 0.472 e. The molecule has 0 saturated carbocycles. The summed E-state index contributed by atoms with van der Waals surface area (Å²) in [5.41, 5.74) is -1.29. The molecule has 3 aromatic rings. The monoisotopic (exact) mass is 480 g/mol. The first-order chi connectivity index (χ1) is 15.9. The molecule has 34 heavy (non-hydrogen) atoms. The van der Waals surface area contributed by atoms with Crippen LogP contribution in [0.1, 0.15) is 15.9 Å². The first-order valence-electron chi connectivity index (χ1n) is 9.48. The van der Waals surface area contributed by atoms with E-state index in [2.05, 4.69) is 0 Å². The highest BCUT2D eigenvalue weighted by Crippen LogP contribution is 2.36. The lowest BCUT2D eigenvalue weighted by Crippen LogP contribution is -2.39. The van der Waals surface area contributed by atoms with Crippen LogP contribution in [0.25, 0.3) is 0 Å². The van der Waals surface area contributed by atoms with E-state index in [9.17, 15) is 40.7 Å². The third kappa shape index (κ3) is 5.42. The Morgan fingerprint density at radius 2 is 1.18 bits per heavy atom. The fourth-order valence-corrected chi connectivity index (χ4v) is 2.98. The van der Waals surface area contributed by atoms with Crippen molar-refractivity contribution in [2.75, 3.05) is 10.2 Å². The molecule has 3 aromatic carbocycles. The molecule has 0 aromatic heterocycles. The molecular formula is C23H14F6N2O3. The zero-order valence-electron chi connectivity index (χ0n) is 16.9. The van der Waals surface area contributed by atoms with Crippen LogP contribution >= 0.6 is 0 Å². The second-order valence-electron chi connectivity index (χ2n) is 6.85. The molecule has 0 bridgehead atoms. The van der Waals surface area contributed by atoms with Gasteiger partial charge in [0.2, 0.25) is 0 Å². The molecule has 5 nitrogen and oxygen atoms in total. The van der Waals surface area contributed by atoms with E-state index in [-0.39, 0.29) is 16.2 Å². The van der Waals surface area contributed by atoms with E-state index in [0.717, 1.165) is 24.3 Å². The molecular weight excluding hydrogens is 466 g/mol. The molecule has 0 radical (unpaired) electrons. The zero-order valence-corrected chi connectivity index (χ0v) is 16.9. The summed E-state index contributed by atoms with van der Waals surface area (Å²) in [6.07, 6.45) is -10.7. The number of alkyl halides is 6. The van der Waals surface area contributed by atoms with Gasteiger partial charge in [-0.2, -0.15) is 26.3 Å². The Kier molecular flexibility index (Phi) is 6.75. The van der Waals surface area contributed by atoms with Crippen molar-refractivity contribution in [2.45, 2.75) is 12.4 Å². The van der Waals surface area contributed by atoms with Gasteiger partial charge in [-0.05, 0) is 36.4 Å². The number of carbonyl (C=O) groups is 3. The zero-order chi connectivity index (χ0) is 25.1. The van der Waals surface area contributed by atoms with Gasteiger partial charge in [-0.25, -0.2) is 0 Å². The molecule has 1 N–H and O–H groups in total. The Labute approximate surface area is 188 Å². The fraction of sp³-hybridized carbons (Fsp3) is 0.0870. The van der Waals surface area contributed by atoms with Gasteiger partial charge in [-0.1, -0.05) is 42.5 Å². The summed E-state index contributed by atoms with van der Waals surface area (Å²) in [5.74, 6) is -5.27. The minimum atomic E-state index is -5.40. The molecule has 3 rings (SSSR count). The molecule has 176 valence electrons. The molecule has 0 atom stereocenters. The largest absolute Gasteiger partial charge is 0.472 e. The lowest BCUT2D eigenvalue weighted by molar-refractivity contribution is -0.169. The molecule has 0 aliphatic carbocycles. The normalized spacial score (nSPS) is 11.6. The van der Waals surface area contributed by atoms with E-state index in [4.69, 9.17) is 0 Å². The third-order valence-corrected chi connectivity index (χ3v) is 4.52. The standard InChI is InChI=1S/C23H14F6N2O3/c24-22(25,26)20(33)30-17-8-4-5-9-18(17)31(21(34)23(27,28)29)16-12-10-15(11-13-16)19(32)14-6-2-1-3-7-14/h1-13H,(H,30,33). The van der Waals surface area contributed by atoms with E-state index in [0.29, 0.717) is 5.56 Å². The summed E-state index contributed by atoms with van der Waals surface area (Å²) in [6.45, 7) is 0. The van der Waals surface area contributed by atoms with Crippen molar-refractivity contribution in [3.8, 4) is 0 Å². The average Bonchev–Trinajstić information content (AvgIpc) is 2.79. The SMILES string of the molecule is O=C(c1ccccc1)c1ccc(N(C(=O)C(F)(F)F)c2ccccc2NC(=O)C(F)(F)F)cc1. The predicted octanol–water partition coefficient (Wildman–Crippen LogP) is 5.65. The average molecular weight is 480 g/mol. The Morgan fingerprint density at radius 1 is 0.647 bits per heavy atom. The molecule has 0 fully saturated rings. The van der Waals surface area contributed by atoms with Crippen LogP contribution in [0, 0.1) is 0 Å². The van der Waals surface area contributed by atoms with Crippen LogP contribution in [0.3, 0.4) is 0 Å². The summed E-state index contributed by atoms with van der Waals surface area (Å²) < 4.78 is 78.2. The molecule has 0 aliphatic rings. The van der Waals surface area contributed by atoms with Crippen molar-refractivity contribution >= 4 is 34.7 Å². The second-order valence-corrected chi connectivity index (χ2v) is 6.85. The van der Waals surface area contributed by atoms with Gasteiger partial charge in [0.1, 0.15) is 0 Å². The van der Waals surface area contributed by atoms with Crippen molar-refractivity contribution in [3.05, 3.63) is 90.0 Å². The van der Waals surface area contributed by atoms with Gasteiger partial charge in [0.05, 0.1) is 11.4 Å². The van der Waals surface area contributed by atoms with E-state index in [1.807, 2.05) is 0 Å². The number of benzene rings is 3. The lowest BCUT2D eigenvalue weighted by atomic mass is 10.0. The summed E-state index contributed by atoms with van der Waals surface area (Å²) in [7, 11) is 0. The predicted molar refractivity (Wildman–Crippen MR) is 111 cm³/mol. The topological polar surface area (TPSA) is 66.5 Å². The van der Waals surface area contributed by atoms with Gasteiger partial charge in [-0.15, -0.1) is 0 Å². The number of halogens is 6. The van der Waals surface area contributed by atoms with Crippen LogP contribution in [0.2, 0.25) is 0 Å². The van der Waals surface area contributed by atoms with Crippen LogP contribution in [0.15, 0.2) is 78.9 Å². The summed E-state index contributed by atoms with van der Waals surface area (Å²) >= 11 is 0. The number of hydrogen-bond donors (Lipinski definition) is 1. The van der Waals surface area contributed by atoms with Crippen molar-refractivity contribution in [1.29, 1.82) is 0 Å². The van der Waals surface area contributed by atoms with Crippen molar-refractivity contribution in [2.24, 2.45) is 0 Å². The Hall–Kier alpha value is -4.15. The quantitative estimate of drug-likeness (QED) is 0.380. The number of anilines is 3. The van der Waals surface area contributed by atoms with Crippen LogP contribution in [0.4, 0.5) is 43.4 Å². The molecule has 0 heterocycles. The van der Waals surface area contributed by atoms with Crippen molar-refractivity contribution in [1.82, 2.24) is 0 Å². The van der Waals surface area contributed by atoms with E-state index >= 15 is 0 Å². The first kappa shape index (κ1) is 24.5. The maximum atomic E-state index is 13.4. The van der Waals surface area contributed by atoms with Crippen LogP contribution in [-0.2, 0) is 9.59 Å². The van der Waals surface area contributed by atoms with E-state index in [1.165, 1.54) is 41.7 Å². The summed E-state index contributed by atoms with van der Waals surface area (Å²) in [5, 5.41) is 1.48. The second kappa shape index (κ2) is 9.38. The van der Waals surface area contributed by atoms with Crippen LogP contribution < -0.4 is 10.2 Å². The molecule has 0 spiro atoms. The number of amides is 2. The van der Waals surface area contributed by atoms with Gasteiger partial charge in [0.25, 0.3) is 0 Å². The minimum absolute atomic E-state index is 0.105. The Balaban J connectivity index is 2.05. The Bertz CT molecular complexity index is 1210. The number of rotatable bonds is 5. The van der Waals surface area contributed by atoms with Crippen molar-refractivity contribution in [3.63, 3.8) is 0 Å². The number of ketones is 1. The first-order valence-corrected chi connectivity index (χ1v) is 9.48. The van der Waals surface area contributed by atoms with Crippen molar-refractivity contribution < 1.29 is 40.7 Å². The summed E-state index contributed by atoms with van der Waals surface area (Å²) in [4.78, 5) is 36.3. The Morgan fingerprint density at radius 3 is 1.74 bits per heavy atom. The van der Waals surface area contributed by atoms with E-state index < -0.39 is 41.3 Å². The van der Waals surface area contributed by atoms with Gasteiger partial charge < -0.3 is 5.32 Å². The fourth-order valence-electron chi connectivity index (χ4n) is 2.98. The summed E-state index contributed by atoms with van der Waals surface area (Å²) in [6, 6.07) is 16.7. The number of para-hydroxylation sites is 2. The number of nitrogens with zero attached hydrogens (tertiary/aromatic N) is 1. The molecule has 2 amide bonds. The van der Waals surface area contributed by atoms with Gasteiger partial charge >= 0.3 is 24.2 Å². The van der Waals surface area contributed by atoms with Crippen LogP contribution in [0.5, 0.6) is 0 Å². The molecule has 0 aliphatic heterocycles. The molecule has 11 heteroatoms. The highest BCUT2D eigenvalue weighted by molar-refractivity contribution is 6.11. The lowest BCUT2D eigenvalue weighted by Gasteiger charge is -2.26. The van der Waals surface area contributed by atoms with Gasteiger partial charge in [0.15, 0.2) is 5.78 Å². The highest BCUT2D eigenvalue weighted by Gasteiger charge is 2.45. The van der Waals surface area contributed by atoms with Gasteiger partial charge in [0, 0.05) is 16.8 Å². The molecule has 0 saturated heterocycles. The highest BCUT2D eigenvalue weighted by atomic mass is 19.4. The number of carbonyl (C=O) groups excluding carboxylic acids is 3. The van der Waals surface area contributed by atoms with Gasteiger partial charge in [-0.3, -0.25) is 19.3 Å². The minimum Gasteiger partial charge on any atom is -0.316 e. The maximum absolute atomic E-state index is 13.4. The van der Waals surface area contributed by atoms with E-state index in [1.54, 1.807) is 18.2 Å². The molecule has 0 unspecified atom stereocenters. The number of nitrogens with one attached hydrogen (secondary N) is 1. The number of hydrogen-bond acceptors (Lipinski definition) is 3. The van der Waals surface area contributed by atoms with Crippen LogP contribution in [-0.4, -0.2) is 30.0 Å². The third-order valence-electron chi connectivity index (χ3n) is 4.52.